The van der Waals surface area contributed by atoms with Crippen LogP contribution in [0.3, 0.4) is 0 Å². The first-order valence-corrected chi connectivity index (χ1v) is 14.0. The highest BCUT2D eigenvalue weighted by atomic mass is 127. The van der Waals surface area contributed by atoms with Gasteiger partial charge in [0.1, 0.15) is 16.3 Å². The third kappa shape index (κ3) is 11.5. The number of aliphatic hydroxyl groups is 1. The molecule has 4 rings (SSSR count). The molecule has 1 unspecified atom stereocenters. The van der Waals surface area contributed by atoms with Gasteiger partial charge < -0.3 is 15.2 Å². The summed E-state index contributed by atoms with van der Waals surface area (Å²) in [5.41, 5.74) is -0.826. The summed E-state index contributed by atoms with van der Waals surface area (Å²) >= 11 is 24.6. The Hall–Kier alpha value is -2.89. The maximum absolute atomic E-state index is 13.6. The van der Waals surface area contributed by atoms with E-state index in [0.717, 1.165) is 24.3 Å². The number of ether oxygens (including phenoxy) is 1. The number of hydrogen-bond acceptors (Lipinski definition) is 8. The highest BCUT2D eigenvalue weighted by Crippen LogP contribution is 2.34. The maximum Gasteiger partial charge on any atom is 0.272 e. The Balaban J connectivity index is 0.000000324. The monoisotopic (exact) mass is 768 g/mol. The van der Waals surface area contributed by atoms with Crippen LogP contribution in [0.25, 0.3) is 0 Å². The molecule has 1 atom stereocenters. The molecule has 1 aromatic heterocycles. The molecule has 0 amide bonds. The molecule has 0 fully saturated rings. The van der Waals surface area contributed by atoms with Crippen LogP contribution in [0.15, 0.2) is 71.1 Å². The fourth-order valence-electron chi connectivity index (χ4n) is 2.38. The first kappa shape index (κ1) is 36.1. The summed E-state index contributed by atoms with van der Waals surface area (Å²) < 4.78 is 43.2. The second-order valence-corrected chi connectivity index (χ2v) is 8.37. The number of halogens is 8. The minimum atomic E-state index is -1.21. The van der Waals surface area contributed by atoms with Gasteiger partial charge in [-0.2, -0.15) is 0 Å². The predicted octanol–water partition coefficient (Wildman–Crippen LogP) is 8.26. The Bertz CT molecular complexity index is 1450. The molecule has 41 heavy (non-hydrogen) atoms. The van der Waals surface area contributed by atoms with Gasteiger partial charge in [0, 0.05) is 30.6 Å². The number of pyridine rings is 1. The van der Waals surface area contributed by atoms with Crippen LogP contribution in [0.1, 0.15) is 0 Å². The molecule has 2 N–H and O–H groups in total. The van der Waals surface area contributed by atoms with E-state index in [-0.39, 0.29) is 37.6 Å². The van der Waals surface area contributed by atoms with Crippen LogP contribution in [0.4, 0.5) is 24.5 Å². The Morgan fingerprint density at radius 3 is 1.95 bits per heavy atom. The van der Waals surface area contributed by atoms with Gasteiger partial charge >= 0.3 is 0 Å². The van der Waals surface area contributed by atoms with Crippen LogP contribution in [-0.4, -0.2) is 31.0 Å². The first-order chi connectivity index (χ1) is 19.3. The van der Waals surface area contributed by atoms with Gasteiger partial charge in [-0.3, -0.25) is 20.2 Å². The summed E-state index contributed by atoms with van der Waals surface area (Å²) in [6.45, 7) is 0. The van der Waals surface area contributed by atoms with E-state index >= 15 is 0 Å². The predicted molar refractivity (Wildman–Crippen MR) is 157 cm³/mol. The van der Waals surface area contributed by atoms with Crippen molar-refractivity contribution in [1.82, 2.24) is 10.3 Å². The lowest BCUT2D eigenvalue weighted by Gasteiger charge is -2.11. The number of nitrogens with zero attached hydrogens (tertiary/aromatic N) is 3. The zero-order chi connectivity index (χ0) is 31.3. The molecule has 220 valence electrons. The minimum absolute atomic E-state index is 0.0153. The topological polar surface area (TPSA) is 141 Å². The van der Waals surface area contributed by atoms with E-state index in [1.807, 2.05) is 4.93 Å². The Morgan fingerprint density at radius 2 is 1.46 bits per heavy atom. The highest BCUT2D eigenvalue weighted by Gasteiger charge is 2.15. The molecule has 0 radical (unpaired) electrons. The van der Waals surface area contributed by atoms with Crippen molar-refractivity contribution in [3.05, 3.63) is 119 Å². The second kappa shape index (κ2) is 17.8. The van der Waals surface area contributed by atoms with Crippen molar-refractivity contribution in [3.63, 3.8) is 0 Å². The molecule has 2 heterocycles. The van der Waals surface area contributed by atoms with Crippen LogP contribution < -0.4 is 10.1 Å². The Morgan fingerprint density at radius 1 is 0.902 bits per heavy atom. The average molecular weight is 770 g/mol. The smallest absolute Gasteiger partial charge is 0.272 e. The quantitative estimate of drug-likeness (QED) is 0.0675. The number of dihydropyridines is 1. The zero-order valence-electron chi connectivity index (χ0n) is 20.2. The van der Waals surface area contributed by atoms with Gasteiger partial charge in [-0.25, -0.2) is 18.2 Å². The van der Waals surface area contributed by atoms with E-state index in [2.05, 4.69) is 32.9 Å². The number of nitro groups is 2. The van der Waals surface area contributed by atoms with E-state index < -0.39 is 39.1 Å². The molecule has 0 saturated carbocycles. The van der Waals surface area contributed by atoms with Gasteiger partial charge in [-0.15, -0.1) is 0 Å². The van der Waals surface area contributed by atoms with Crippen molar-refractivity contribution in [2.45, 2.75) is 6.10 Å². The fourth-order valence-corrected chi connectivity index (χ4v) is 2.98. The van der Waals surface area contributed by atoms with Crippen molar-refractivity contribution in [2.24, 2.45) is 0 Å². The lowest BCUT2D eigenvalue weighted by Crippen LogP contribution is -2.15. The number of nitro benzene ring substituents is 2. The summed E-state index contributed by atoms with van der Waals surface area (Å²) in [6.07, 6.45) is 3.64. The standard InChI is InChI=1S/C11H5Cl2FN2O3.C6H3F2NO2.C5H5Cl2NO.CH3I/c12-10-9(3-4-15-11(10)13)19-8-2-1-6(16(17)18)5-7(8)14;7-5-2-1-4(9(10)11)3-6(5)8;6-4-3(9)1-2-8-5(4)7;1-2/h1-5H;1-3H;1-3,8-9H;1H3. The fraction of sp³-hybridized carbons (Fsp3) is 0.0870. The summed E-state index contributed by atoms with van der Waals surface area (Å²) in [4.78, 5) is 24.6. The summed E-state index contributed by atoms with van der Waals surface area (Å²) in [5, 5.41) is 32.6. The van der Waals surface area contributed by atoms with Gasteiger partial charge in [0.05, 0.1) is 27.0 Å². The molecule has 2 aromatic carbocycles. The molecule has 18 heteroatoms. The molecule has 0 spiro atoms. The molecule has 10 nitrogen and oxygen atoms in total. The number of alkyl halides is 1. The van der Waals surface area contributed by atoms with Crippen LogP contribution in [0, 0.1) is 37.7 Å². The first-order valence-electron chi connectivity index (χ1n) is 10.4. The molecule has 1 aliphatic rings. The average Bonchev–Trinajstić information content (AvgIpc) is 2.94. The van der Waals surface area contributed by atoms with E-state index in [9.17, 15) is 33.4 Å². The molecular weight excluding hydrogens is 754 g/mol. The van der Waals surface area contributed by atoms with Crippen LogP contribution in [0.5, 0.6) is 11.5 Å². The lowest BCUT2D eigenvalue weighted by atomic mass is 10.3. The van der Waals surface area contributed by atoms with Gasteiger partial charge in [0.2, 0.25) is 0 Å². The van der Waals surface area contributed by atoms with Crippen molar-refractivity contribution in [2.75, 3.05) is 4.93 Å². The van der Waals surface area contributed by atoms with Gasteiger partial charge in [-0.1, -0.05) is 69.0 Å². The Kier molecular flexibility index (Phi) is 15.7. The van der Waals surface area contributed by atoms with E-state index in [0.29, 0.717) is 12.1 Å². The number of nitrogens with one attached hydrogen (secondary N) is 1. The van der Waals surface area contributed by atoms with E-state index in [1.54, 1.807) is 6.20 Å². The van der Waals surface area contributed by atoms with Crippen LogP contribution in [-0.2, 0) is 0 Å². The van der Waals surface area contributed by atoms with E-state index in [4.69, 9.17) is 56.2 Å². The molecule has 0 aliphatic carbocycles. The summed E-state index contributed by atoms with van der Waals surface area (Å²) in [7, 11) is 0. The second-order valence-electron chi connectivity index (χ2n) is 6.85. The largest absolute Gasteiger partial charge is 0.453 e. The normalized spacial score (nSPS) is 13.3. The molecule has 0 saturated heterocycles. The van der Waals surface area contributed by atoms with Crippen molar-refractivity contribution in [1.29, 1.82) is 0 Å². The zero-order valence-corrected chi connectivity index (χ0v) is 25.4. The number of rotatable bonds is 4. The van der Waals surface area contributed by atoms with Crippen LogP contribution in [0.2, 0.25) is 10.2 Å². The third-order valence-electron chi connectivity index (χ3n) is 4.23. The maximum atomic E-state index is 13.6. The third-order valence-corrected chi connectivity index (χ3v) is 5.80. The van der Waals surface area contributed by atoms with Crippen molar-refractivity contribution < 1.29 is 32.9 Å². The van der Waals surface area contributed by atoms with Crippen LogP contribution >= 0.6 is 69.0 Å². The van der Waals surface area contributed by atoms with Crippen molar-refractivity contribution in [3.8, 4) is 11.5 Å². The molecule has 0 bridgehead atoms. The molecule has 3 aromatic rings. The van der Waals surface area contributed by atoms with Gasteiger partial charge in [-0.05, 0) is 23.1 Å². The SMILES string of the molecule is CI.O=[N+]([O-])c1ccc(F)c(F)c1.O=[N+]([O-])c1ccc(Oc2ccnc(Cl)c2Cl)c(F)c1.OC1C=CNC(Cl)=C1Cl. The molecular formula is C23H16Cl4F3IN4O6. The lowest BCUT2D eigenvalue weighted by molar-refractivity contribution is -0.385. The van der Waals surface area contributed by atoms with Gasteiger partial charge in [0.15, 0.2) is 34.1 Å². The number of non-ortho nitro benzene ring substituents is 2. The minimum Gasteiger partial charge on any atom is -0.453 e. The van der Waals surface area contributed by atoms with E-state index in [1.165, 1.54) is 18.3 Å². The van der Waals surface area contributed by atoms with Gasteiger partial charge in [0.25, 0.3) is 11.4 Å². The van der Waals surface area contributed by atoms with Crippen molar-refractivity contribution >= 4 is 80.4 Å². The summed E-state index contributed by atoms with van der Waals surface area (Å²) in [5.74, 6) is -3.27. The molecule has 1 aliphatic heterocycles. The summed E-state index contributed by atoms with van der Waals surface area (Å²) in [6, 6.07) is 6.57. The number of aliphatic hydroxyl groups excluding tert-OH is 1. The number of hydrogen-bond donors (Lipinski definition) is 2. The Labute approximate surface area is 263 Å². The number of aromatic nitrogens is 1. The highest BCUT2D eigenvalue weighted by molar-refractivity contribution is 14.1. The number of benzene rings is 2.